The number of carbonyl (C=O) groups is 2. The first-order chi connectivity index (χ1) is 9.34. The standard InChI is InChI=1S/C14H17BrN2O3/c1-14(13(19)20)6-2-3-11(14)17-12(18)8-4-5-10(16)9(15)7-8/h4-5,7,11H,2-3,6,16H2,1H3,(H,17,18)(H,19,20). The van der Waals surface area contributed by atoms with Crippen molar-refractivity contribution in [2.45, 2.75) is 32.2 Å². The van der Waals surface area contributed by atoms with Gasteiger partial charge in [-0.25, -0.2) is 0 Å². The molecule has 5 nitrogen and oxygen atoms in total. The van der Waals surface area contributed by atoms with Gasteiger partial charge in [0.15, 0.2) is 0 Å². The lowest BCUT2D eigenvalue weighted by Gasteiger charge is -2.27. The molecule has 1 saturated carbocycles. The van der Waals surface area contributed by atoms with Crippen LogP contribution in [-0.2, 0) is 4.79 Å². The molecule has 4 N–H and O–H groups in total. The van der Waals surface area contributed by atoms with Gasteiger partial charge in [-0.1, -0.05) is 6.42 Å². The fourth-order valence-electron chi connectivity index (χ4n) is 2.56. The van der Waals surface area contributed by atoms with Crippen LogP contribution in [0, 0.1) is 5.41 Å². The minimum absolute atomic E-state index is 0.273. The number of carboxylic acid groups (broad SMARTS) is 1. The van der Waals surface area contributed by atoms with Crippen molar-refractivity contribution in [2.24, 2.45) is 5.41 Å². The normalized spacial score (nSPS) is 25.4. The van der Waals surface area contributed by atoms with Crippen molar-refractivity contribution in [3.05, 3.63) is 28.2 Å². The smallest absolute Gasteiger partial charge is 0.311 e. The summed E-state index contributed by atoms with van der Waals surface area (Å²) in [6, 6.07) is 4.56. The molecule has 6 heteroatoms. The maximum Gasteiger partial charge on any atom is 0.311 e. The Hall–Kier alpha value is -1.56. The maximum absolute atomic E-state index is 12.2. The van der Waals surface area contributed by atoms with Crippen LogP contribution in [0.2, 0.25) is 0 Å². The number of amides is 1. The van der Waals surface area contributed by atoms with Gasteiger partial charge in [-0.05, 0) is 53.9 Å². The van der Waals surface area contributed by atoms with Crippen LogP contribution < -0.4 is 11.1 Å². The third-order valence-corrected chi connectivity index (χ3v) is 4.70. The summed E-state index contributed by atoms with van der Waals surface area (Å²) in [6.45, 7) is 1.69. The molecule has 2 rings (SSSR count). The molecule has 20 heavy (non-hydrogen) atoms. The van der Waals surface area contributed by atoms with Crippen molar-refractivity contribution < 1.29 is 14.7 Å². The summed E-state index contributed by atoms with van der Waals surface area (Å²) < 4.78 is 0.651. The molecule has 1 amide bonds. The zero-order valence-corrected chi connectivity index (χ0v) is 12.7. The van der Waals surface area contributed by atoms with E-state index in [-0.39, 0.29) is 11.9 Å². The van der Waals surface area contributed by atoms with Gasteiger partial charge in [0.2, 0.25) is 0 Å². The summed E-state index contributed by atoms with van der Waals surface area (Å²) in [4.78, 5) is 23.6. The fourth-order valence-corrected chi connectivity index (χ4v) is 2.94. The highest BCUT2D eigenvalue weighted by Gasteiger charge is 2.45. The summed E-state index contributed by atoms with van der Waals surface area (Å²) in [5.74, 6) is -1.14. The lowest BCUT2D eigenvalue weighted by molar-refractivity contribution is -0.148. The Morgan fingerprint density at radius 2 is 2.20 bits per heavy atom. The molecule has 0 spiro atoms. The van der Waals surface area contributed by atoms with Crippen LogP contribution in [0.4, 0.5) is 5.69 Å². The van der Waals surface area contributed by atoms with E-state index in [4.69, 9.17) is 5.73 Å². The van der Waals surface area contributed by atoms with E-state index in [0.29, 0.717) is 28.6 Å². The first kappa shape index (κ1) is 14.8. The molecule has 2 atom stereocenters. The molecule has 0 bridgehead atoms. The van der Waals surface area contributed by atoms with E-state index in [1.165, 1.54) is 0 Å². The zero-order valence-electron chi connectivity index (χ0n) is 11.1. The predicted octanol–water partition coefficient (Wildman–Crippen LogP) is 2.40. The molecule has 0 aromatic heterocycles. The highest BCUT2D eigenvalue weighted by atomic mass is 79.9. The van der Waals surface area contributed by atoms with Crippen molar-refractivity contribution in [1.29, 1.82) is 0 Å². The highest BCUT2D eigenvalue weighted by Crippen LogP contribution is 2.38. The molecule has 0 aliphatic heterocycles. The number of carboxylic acids is 1. The first-order valence-corrected chi connectivity index (χ1v) is 7.23. The molecule has 0 heterocycles. The van der Waals surface area contributed by atoms with Crippen LogP contribution in [-0.4, -0.2) is 23.0 Å². The molecule has 1 aliphatic carbocycles. The average Bonchev–Trinajstić information content (AvgIpc) is 2.75. The van der Waals surface area contributed by atoms with Crippen molar-refractivity contribution in [1.82, 2.24) is 5.32 Å². The molecule has 1 aromatic carbocycles. The minimum Gasteiger partial charge on any atom is -0.481 e. The summed E-state index contributed by atoms with van der Waals surface area (Å²) in [6.07, 6.45) is 2.07. The van der Waals surface area contributed by atoms with Gasteiger partial charge in [0.1, 0.15) is 0 Å². The summed E-state index contributed by atoms with van der Waals surface area (Å²) in [5, 5.41) is 12.2. The first-order valence-electron chi connectivity index (χ1n) is 6.44. The van der Waals surface area contributed by atoms with E-state index in [2.05, 4.69) is 21.2 Å². The molecule has 1 fully saturated rings. The Balaban J connectivity index is 2.15. The molecule has 1 aromatic rings. The SMILES string of the molecule is CC1(C(=O)O)CCCC1NC(=O)c1ccc(N)c(Br)c1. The van der Waals surface area contributed by atoms with Crippen LogP contribution in [0.5, 0.6) is 0 Å². The number of halogens is 1. The van der Waals surface area contributed by atoms with Crippen molar-refractivity contribution in [3.63, 3.8) is 0 Å². The summed E-state index contributed by atoms with van der Waals surface area (Å²) in [5.41, 5.74) is 5.81. The molecule has 0 saturated heterocycles. The van der Waals surface area contributed by atoms with Crippen LogP contribution in [0.1, 0.15) is 36.5 Å². The second kappa shape index (κ2) is 5.44. The summed E-state index contributed by atoms with van der Waals surface area (Å²) in [7, 11) is 0. The number of aliphatic carboxylic acids is 1. The monoisotopic (exact) mass is 340 g/mol. The second-order valence-electron chi connectivity index (χ2n) is 5.38. The van der Waals surface area contributed by atoms with Gasteiger partial charge in [0.25, 0.3) is 5.91 Å². The lowest BCUT2D eigenvalue weighted by atomic mass is 9.85. The Kier molecular flexibility index (Phi) is 4.04. The molecule has 108 valence electrons. The lowest BCUT2D eigenvalue weighted by Crippen LogP contribution is -2.47. The van der Waals surface area contributed by atoms with E-state index < -0.39 is 11.4 Å². The van der Waals surface area contributed by atoms with Gasteiger partial charge in [0.05, 0.1) is 5.41 Å². The van der Waals surface area contributed by atoms with Gasteiger partial charge in [-0.15, -0.1) is 0 Å². The number of anilines is 1. The maximum atomic E-state index is 12.2. The van der Waals surface area contributed by atoms with Crippen LogP contribution in [0.15, 0.2) is 22.7 Å². The minimum atomic E-state index is -0.888. The van der Waals surface area contributed by atoms with E-state index in [1.807, 2.05) is 0 Å². The van der Waals surface area contributed by atoms with Gasteiger partial charge >= 0.3 is 5.97 Å². The van der Waals surface area contributed by atoms with Crippen molar-refractivity contribution >= 4 is 33.5 Å². The van der Waals surface area contributed by atoms with Crippen molar-refractivity contribution in [3.8, 4) is 0 Å². The number of nitrogens with one attached hydrogen (secondary N) is 1. The number of nitrogen functional groups attached to an aromatic ring is 1. The second-order valence-corrected chi connectivity index (χ2v) is 6.23. The Morgan fingerprint density at radius 1 is 1.50 bits per heavy atom. The third-order valence-electron chi connectivity index (χ3n) is 4.01. The molecular weight excluding hydrogens is 324 g/mol. The van der Waals surface area contributed by atoms with E-state index in [1.54, 1.807) is 25.1 Å². The topological polar surface area (TPSA) is 92.4 Å². The molecule has 1 aliphatic rings. The number of benzene rings is 1. The van der Waals surface area contributed by atoms with E-state index >= 15 is 0 Å². The Bertz CT molecular complexity index is 561. The summed E-state index contributed by atoms with van der Waals surface area (Å²) >= 11 is 3.27. The Labute approximate surface area is 125 Å². The van der Waals surface area contributed by atoms with Crippen molar-refractivity contribution in [2.75, 3.05) is 5.73 Å². The zero-order chi connectivity index (χ0) is 14.9. The number of carbonyl (C=O) groups excluding carboxylic acids is 1. The van der Waals surface area contributed by atoms with Crippen LogP contribution >= 0.6 is 15.9 Å². The van der Waals surface area contributed by atoms with E-state index in [0.717, 1.165) is 6.42 Å². The average molecular weight is 341 g/mol. The number of hydrogen-bond acceptors (Lipinski definition) is 3. The predicted molar refractivity (Wildman–Crippen MR) is 79.4 cm³/mol. The van der Waals surface area contributed by atoms with Crippen LogP contribution in [0.3, 0.4) is 0 Å². The van der Waals surface area contributed by atoms with E-state index in [9.17, 15) is 14.7 Å². The number of rotatable bonds is 3. The van der Waals surface area contributed by atoms with Crippen LogP contribution in [0.25, 0.3) is 0 Å². The van der Waals surface area contributed by atoms with Gasteiger partial charge < -0.3 is 16.2 Å². The largest absolute Gasteiger partial charge is 0.481 e. The van der Waals surface area contributed by atoms with Gasteiger partial charge in [-0.3, -0.25) is 9.59 Å². The fraction of sp³-hybridized carbons (Fsp3) is 0.429. The highest BCUT2D eigenvalue weighted by molar-refractivity contribution is 9.10. The Morgan fingerprint density at radius 3 is 2.80 bits per heavy atom. The third kappa shape index (κ3) is 2.65. The number of nitrogens with two attached hydrogens (primary N) is 1. The number of hydrogen-bond donors (Lipinski definition) is 3. The van der Waals surface area contributed by atoms with Gasteiger partial charge in [0, 0.05) is 21.8 Å². The quantitative estimate of drug-likeness (QED) is 0.736. The molecular formula is C14H17BrN2O3. The molecule has 0 radical (unpaired) electrons. The molecule has 2 unspecified atom stereocenters. The van der Waals surface area contributed by atoms with Gasteiger partial charge in [-0.2, -0.15) is 0 Å².